The Labute approximate surface area is 128 Å². The van der Waals surface area contributed by atoms with E-state index in [0.717, 1.165) is 5.39 Å². The molecule has 0 saturated carbocycles. The van der Waals surface area contributed by atoms with E-state index >= 15 is 0 Å². The number of nitrogens with zero attached hydrogens (tertiary/aromatic N) is 1. The third-order valence-corrected chi connectivity index (χ3v) is 2.91. The van der Waals surface area contributed by atoms with Gasteiger partial charge < -0.3 is 10.1 Å². The maximum atomic E-state index is 11.7. The predicted octanol–water partition coefficient (Wildman–Crippen LogP) is 3.50. The van der Waals surface area contributed by atoms with Crippen molar-refractivity contribution in [2.45, 2.75) is 26.4 Å². The Hall–Kier alpha value is -2.63. The number of hydrogen-bond donors (Lipinski definition) is 1. The van der Waals surface area contributed by atoms with Crippen molar-refractivity contribution in [3.8, 4) is 0 Å². The van der Waals surface area contributed by atoms with Crippen molar-refractivity contribution in [3.05, 3.63) is 46.5 Å². The first-order valence-electron chi connectivity index (χ1n) is 6.89. The van der Waals surface area contributed by atoms with Crippen LogP contribution in [-0.4, -0.2) is 23.0 Å². The van der Waals surface area contributed by atoms with Gasteiger partial charge in [-0.15, -0.1) is 0 Å². The second kappa shape index (κ2) is 6.01. The van der Waals surface area contributed by atoms with Crippen LogP contribution >= 0.6 is 0 Å². The van der Waals surface area contributed by atoms with Crippen LogP contribution in [0.5, 0.6) is 0 Å². The minimum atomic E-state index is -0.525. The van der Waals surface area contributed by atoms with E-state index in [9.17, 15) is 14.9 Å². The fourth-order valence-electron chi connectivity index (χ4n) is 2.09. The fraction of sp³-hybridized carbons (Fsp3) is 0.312. The molecular formula is C16H18N2O4. The quantitative estimate of drug-likeness (QED) is 0.531. The van der Waals surface area contributed by atoms with E-state index in [1.54, 1.807) is 51.1 Å². The lowest BCUT2D eigenvalue weighted by Gasteiger charge is -2.19. The van der Waals surface area contributed by atoms with Crippen LogP contribution in [0.15, 0.2) is 36.4 Å². The Morgan fingerprint density at radius 1 is 1.27 bits per heavy atom. The van der Waals surface area contributed by atoms with Crippen LogP contribution in [0.2, 0.25) is 0 Å². The van der Waals surface area contributed by atoms with Gasteiger partial charge in [-0.2, -0.15) is 0 Å². The van der Waals surface area contributed by atoms with Crippen LogP contribution in [0.25, 0.3) is 10.8 Å². The smallest absolute Gasteiger partial charge is 0.325 e. The van der Waals surface area contributed by atoms with Crippen molar-refractivity contribution in [3.63, 3.8) is 0 Å². The summed E-state index contributed by atoms with van der Waals surface area (Å²) in [4.78, 5) is 22.2. The van der Waals surface area contributed by atoms with E-state index in [-0.39, 0.29) is 18.2 Å². The Morgan fingerprint density at radius 2 is 2.00 bits per heavy atom. The second-order valence-corrected chi connectivity index (χ2v) is 5.91. The number of nitrogens with one attached hydrogen (secondary N) is 1. The predicted molar refractivity (Wildman–Crippen MR) is 84.9 cm³/mol. The first-order valence-corrected chi connectivity index (χ1v) is 6.89. The largest absolute Gasteiger partial charge is 0.459 e. The number of fused-ring (bicyclic) bond motifs is 1. The highest BCUT2D eigenvalue weighted by atomic mass is 16.6. The monoisotopic (exact) mass is 302 g/mol. The van der Waals surface area contributed by atoms with E-state index in [1.807, 2.05) is 0 Å². The van der Waals surface area contributed by atoms with Gasteiger partial charge in [-0.1, -0.05) is 12.1 Å². The molecule has 116 valence electrons. The van der Waals surface area contributed by atoms with E-state index in [2.05, 4.69) is 5.32 Å². The maximum Gasteiger partial charge on any atom is 0.325 e. The Bertz CT molecular complexity index is 720. The topological polar surface area (TPSA) is 81.5 Å². The van der Waals surface area contributed by atoms with Gasteiger partial charge in [0.15, 0.2) is 0 Å². The van der Waals surface area contributed by atoms with Gasteiger partial charge >= 0.3 is 5.97 Å². The van der Waals surface area contributed by atoms with Crippen molar-refractivity contribution in [2.24, 2.45) is 0 Å². The summed E-state index contributed by atoms with van der Waals surface area (Å²) in [5.41, 5.74) is 0.248. The van der Waals surface area contributed by atoms with Gasteiger partial charge in [0.05, 0.1) is 10.3 Å². The van der Waals surface area contributed by atoms with E-state index < -0.39 is 10.5 Å². The SMILES string of the molecule is CC(C)(C)OC(=O)CNc1ccc2c([N+](=O)[O-])cccc2c1. The third kappa shape index (κ3) is 3.94. The molecule has 6 nitrogen and oxygen atoms in total. The number of ether oxygens (including phenoxy) is 1. The van der Waals surface area contributed by atoms with Crippen molar-refractivity contribution in [1.29, 1.82) is 0 Å². The molecule has 0 radical (unpaired) electrons. The number of esters is 1. The Morgan fingerprint density at radius 3 is 2.64 bits per heavy atom. The number of carbonyl (C=O) groups excluding carboxylic acids is 1. The molecular weight excluding hydrogens is 284 g/mol. The van der Waals surface area contributed by atoms with Crippen molar-refractivity contribution < 1.29 is 14.5 Å². The van der Waals surface area contributed by atoms with Gasteiger partial charge in [0, 0.05) is 11.8 Å². The van der Waals surface area contributed by atoms with Crippen molar-refractivity contribution >= 4 is 28.1 Å². The molecule has 0 aromatic heterocycles. The summed E-state index contributed by atoms with van der Waals surface area (Å²) in [5.74, 6) is -0.355. The molecule has 0 aliphatic carbocycles. The molecule has 0 unspecified atom stereocenters. The molecule has 6 heteroatoms. The fourth-order valence-corrected chi connectivity index (χ4v) is 2.09. The van der Waals surface area contributed by atoms with Gasteiger partial charge in [0.1, 0.15) is 12.1 Å². The zero-order chi connectivity index (χ0) is 16.3. The summed E-state index contributed by atoms with van der Waals surface area (Å²) < 4.78 is 5.21. The minimum Gasteiger partial charge on any atom is -0.459 e. The van der Waals surface area contributed by atoms with Crippen LogP contribution < -0.4 is 5.32 Å². The van der Waals surface area contributed by atoms with Crippen LogP contribution in [0.4, 0.5) is 11.4 Å². The van der Waals surface area contributed by atoms with Gasteiger partial charge in [0.2, 0.25) is 0 Å². The molecule has 22 heavy (non-hydrogen) atoms. The number of carbonyl (C=O) groups is 1. The number of benzene rings is 2. The van der Waals surface area contributed by atoms with Crippen LogP contribution in [0, 0.1) is 10.1 Å². The lowest BCUT2D eigenvalue weighted by molar-refractivity contribution is -0.383. The molecule has 0 fully saturated rings. The van der Waals surface area contributed by atoms with Crippen LogP contribution in [0.1, 0.15) is 20.8 Å². The first kappa shape index (κ1) is 15.8. The number of rotatable bonds is 4. The lowest BCUT2D eigenvalue weighted by Crippen LogP contribution is -2.28. The zero-order valence-corrected chi connectivity index (χ0v) is 12.8. The van der Waals surface area contributed by atoms with Crippen molar-refractivity contribution in [2.75, 3.05) is 11.9 Å². The number of nitro groups is 1. The zero-order valence-electron chi connectivity index (χ0n) is 12.8. The molecule has 1 N–H and O–H groups in total. The highest BCUT2D eigenvalue weighted by Gasteiger charge is 2.16. The summed E-state index contributed by atoms with van der Waals surface area (Å²) in [6.45, 7) is 5.46. The molecule has 0 heterocycles. The number of nitro benzene ring substituents is 1. The Kier molecular flexibility index (Phi) is 4.30. The van der Waals surface area contributed by atoms with E-state index in [0.29, 0.717) is 11.1 Å². The van der Waals surface area contributed by atoms with Crippen LogP contribution in [0.3, 0.4) is 0 Å². The molecule has 0 aliphatic heterocycles. The number of anilines is 1. The number of non-ortho nitro benzene ring substituents is 1. The summed E-state index contributed by atoms with van der Waals surface area (Å²) in [6.07, 6.45) is 0. The number of hydrogen-bond acceptors (Lipinski definition) is 5. The summed E-state index contributed by atoms with van der Waals surface area (Å²) >= 11 is 0. The summed E-state index contributed by atoms with van der Waals surface area (Å²) in [5, 5.41) is 15.2. The van der Waals surface area contributed by atoms with E-state index in [4.69, 9.17) is 4.74 Å². The first-order chi connectivity index (χ1) is 10.3. The van der Waals surface area contributed by atoms with Gasteiger partial charge in [0.25, 0.3) is 5.69 Å². The molecule has 2 rings (SSSR count). The molecule has 0 bridgehead atoms. The van der Waals surface area contributed by atoms with Gasteiger partial charge in [-0.05, 0) is 44.4 Å². The average molecular weight is 302 g/mol. The molecule has 0 amide bonds. The highest BCUT2D eigenvalue weighted by Crippen LogP contribution is 2.27. The minimum absolute atomic E-state index is 0.0394. The second-order valence-electron chi connectivity index (χ2n) is 5.91. The normalized spacial score (nSPS) is 11.2. The molecule has 2 aromatic carbocycles. The highest BCUT2D eigenvalue weighted by molar-refractivity contribution is 5.93. The van der Waals surface area contributed by atoms with Crippen molar-refractivity contribution in [1.82, 2.24) is 0 Å². The summed E-state index contributed by atoms with van der Waals surface area (Å²) in [7, 11) is 0. The standard InChI is InChI=1S/C16H18N2O4/c1-16(2,3)22-15(19)10-17-12-7-8-13-11(9-12)5-4-6-14(13)18(20)21/h4-9,17H,10H2,1-3H3. The average Bonchev–Trinajstić information content (AvgIpc) is 2.42. The maximum absolute atomic E-state index is 11.7. The Balaban J connectivity index is 2.14. The third-order valence-electron chi connectivity index (χ3n) is 2.91. The summed E-state index contributed by atoms with van der Waals surface area (Å²) in [6, 6.07) is 10.0. The molecule has 0 aliphatic rings. The molecule has 0 atom stereocenters. The van der Waals surface area contributed by atoms with Gasteiger partial charge in [-0.25, -0.2) is 0 Å². The van der Waals surface area contributed by atoms with E-state index in [1.165, 1.54) is 6.07 Å². The lowest BCUT2D eigenvalue weighted by atomic mass is 10.1. The molecule has 0 saturated heterocycles. The molecule has 0 spiro atoms. The van der Waals surface area contributed by atoms with Crippen LogP contribution in [-0.2, 0) is 9.53 Å². The van der Waals surface area contributed by atoms with Gasteiger partial charge in [-0.3, -0.25) is 14.9 Å². The molecule has 2 aromatic rings.